The van der Waals surface area contributed by atoms with Gasteiger partial charge in [-0.25, -0.2) is 0 Å². The lowest BCUT2D eigenvalue weighted by Crippen LogP contribution is -2.35. The molecule has 18 heavy (non-hydrogen) atoms. The summed E-state index contributed by atoms with van der Waals surface area (Å²) in [5.74, 6) is -0.718. The number of nitrogens with one attached hydrogen (secondary N) is 1. The average Bonchev–Trinajstić information content (AvgIpc) is 2.27. The van der Waals surface area contributed by atoms with Crippen molar-refractivity contribution in [2.45, 2.75) is 19.4 Å². The highest BCUT2D eigenvalue weighted by Gasteiger charge is 2.11. The molecular formula is C12H15N3O2S. The van der Waals surface area contributed by atoms with Crippen molar-refractivity contribution in [1.29, 1.82) is 0 Å². The number of rotatable bonds is 5. The molecule has 2 amide bonds. The fraction of sp³-hybridized carbons (Fsp3) is 0.250. The van der Waals surface area contributed by atoms with Crippen molar-refractivity contribution < 1.29 is 9.59 Å². The Bertz CT molecular complexity index is 471. The first-order valence-corrected chi connectivity index (χ1v) is 5.80. The minimum absolute atomic E-state index is 0.108. The lowest BCUT2D eigenvalue weighted by Gasteiger charge is -2.12. The molecule has 0 saturated carbocycles. The molecule has 0 radical (unpaired) electrons. The maximum atomic E-state index is 11.8. The van der Waals surface area contributed by atoms with E-state index in [1.54, 1.807) is 31.2 Å². The van der Waals surface area contributed by atoms with Crippen molar-refractivity contribution in [3.63, 3.8) is 0 Å². The summed E-state index contributed by atoms with van der Waals surface area (Å²) in [7, 11) is 0. The quantitative estimate of drug-likeness (QED) is 0.667. The van der Waals surface area contributed by atoms with E-state index in [9.17, 15) is 9.59 Å². The Morgan fingerprint density at radius 1 is 1.22 bits per heavy atom. The molecule has 0 aliphatic carbocycles. The zero-order valence-corrected chi connectivity index (χ0v) is 10.8. The van der Waals surface area contributed by atoms with Gasteiger partial charge >= 0.3 is 0 Å². The molecule has 1 aromatic rings. The second kappa shape index (κ2) is 6.11. The van der Waals surface area contributed by atoms with Crippen LogP contribution in [-0.4, -0.2) is 22.8 Å². The minimum atomic E-state index is -0.452. The highest BCUT2D eigenvalue weighted by molar-refractivity contribution is 7.80. The summed E-state index contributed by atoms with van der Waals surface area (Å²) in [6.45, 7) is 1.71. The van der Waals surface area contributed by atoms with E-state index in [1.165, 1.54) is 0 Å². The summed E-state index contributed by atoms with van der Waals surface area (Å²) in [6.07, 6.45) is 0.108. The number of thiocarbonyl (C=S) groups is 1. The third-order valence-electron chi connectivity index (χ3n) is 2.32. The fourth-order valence-corrected chi connectivity index (χ4v) is 1.58. The van der Waals surface area contributed by atoms with E-state index in [0.717, 1.165) is 0 Å². The summed E-state index contributed by atoms with van der Waals surface area (Å²) in [6, 6.07) is 6.30. The largest absolute Gasteiger partial charge is 0.389 e. The summed E-state index contributed by atoms with van der Waals surface area (Å²) >= 11 is 4.81. The van der Waals surface area contributed by atoms with Crippen LogP contribution in [0.5, 0.6) is 0 Å². The molecule has 6 heteroatoms. The maximum Gasteiger partial charge on any atom is 0.251 e. The minimum Gasteiger partial charge on any atom is -0.389 e. The lowest BCUT2D eigenvalue weighted by molar-refractivity contribution is -0.118. The van der Waals surface area contributed by atoms with E-state index < -0.39 is 5.91 Å². The maximum absolute atomic E-state index is 11.8. The van der Waals surface area contributed by atoms with Crippen LogP contribution in [0.3, 0.4) is 0 Å². The molecule has 0 heterocycles. The van der Waals surface area contributed by atoms with Crippen LogP contribution in [0, 0.1) is 0 Å². The lowest BCUT2D eigenvalue weighted by atomic mass is 10.1. The Balaban J connectivity index is 2.67. The van der Waals surface area contributed by atoms with Gasteiger partial charge in [-0.3, -0.25) is 9.59 Å². The molecule has 96 valence electrons. The number of carbonyl (C=O) groups is 2. The van der Waals surface area contributed by atoms with E-state index in [0.29, 0.717) is 11.1 Å². The van der Waals surface area contributed by atoms with Crippen molar-refractivity contribution in [2.75, 3.05) is 0 Å². The predicted octanol–water partition coefficient (Wildman–Crippen LogP) is 0.314. The molecular weight excluding hydrogens is 250 g/mol. The first-order valence-electron chi connectivity index (χ1n) is 5.39. The molecule has 0 aromatic heterocycles. The van der Waals surface area contributed by atoms with Gasteiger partial charge < -0.3 is 16.8 Å². The van der Waals surface area contributed by atoms with Crippen LogP contribution in [-0.2, 0) is 4.79 Å². The smallest absolute Gasteiger partial charge is 0.251 e. The standard InChI is InChI=1S/C12H15N3O2S/c1-7(6-10(13)16)15-12(17)9-4-2-8(3-5-9)11(14)18/h2-5,7H,6H2,1H3,(H2,13,16)(H2,14,18)(H,15,17). The number of primary amides is 1. The van der Waals surface area contributed by atoms with Crippen molar-refractivity contribution in [3.05, 3.63) is 35.4 Å². The zero-order chi connectivity index (χ0) is 13.7. The number of hydrogen-bond acceptors (Lipinski definition) is 3. The third-order valence-corrected chi connectivity index (χ3v) is 2.55. The van der Waals surface area contributed by atoms with Gasteiger partial charge in [-0.15, -0.1) is 0 Å². The number of nitrogens with two attached hydrogens (primary N) is 2. The van der Waals surface area contributed by atoms with Gasteiger partial charge in [-0.1, -0.05) is 24.4 Å². The molecule has 0 aliphatic rings. The van der Waals surface area contributed by atoms with Crippen LogP contribution in [0.1, 0.15) is 29.3 Å². The topological polar surface area (TPSA) is 98.2 Å². The Labute approximate surface area is 111 Å². The molecule has 5 N–H and O–H groups in total. The second-order valence-corrected chi connectivity index (χ2v) is 4.43. The molecule has 0 bridgehead atoms. The first-order chi connectivity index (χ1) is 8.40. The van der Waals surface area contributed by atoms with Gasteiger partial charge in [-0.2, -0.15) is 0 Å². The summed E-state index contributed by atoms with van der Waals surface area (Å²) in [5, 5.41) is 2.67. The van der Waals surface area contributed by atoms with Gasteiger partial charge in [-0.05, 0) is 19.1 Å². The van der Waals surface area contributed by atoms with Crippen LogP contribution >= 0.6 is 12.2 Å². The summed E-state index contributed by atoms with van der Waals surface area (Å²) in [4.78, 5) is 22.8. The Kier molecular flexibility index (Phi) is 4.79. The van der Waals surface area contributed by atoms with E-state index >= 15 is 0 Å². The van der Waals surface area contributed by atoms with Crippen LogP contribution in [0.15, 0.2) is 24.3 Å². The SMILES string of the molecule is CC(CC(N)=O)NC(=O)c1ccc(C(N)=S)cc1. The van der Waals surface area contributed by atoms with Gasteiger partial charge in [0, 0.05) is 23.6 Å². The molecule has 1 unspecified atom stereocenters. The number of amides is 2. The molecule has 1 atom stereocenters. The highest BCUT2D eigenvalue weighted by Crippen LogP contribution is 2.05. The van der Waals surface area contributed by atoms with E-state index in [-0.39, 0.29) is 23.4 Å². The van der Waals surface area contributed by atoms with Gasteiger partial charge in [0.2, 0.25) is 5.91 Å². The Morgan fingerprint density at radius 2 is 1.72 bits per heavy atom. The van der Waals surface area contributed by atoms with Gasteiger partial charge in [0.05, 0.1) is 0 Å². The zero-order valence-electron chi connectivity index (χ0n) is 9.97. The third kappa shape index (κ3) is 4.14. The van der Waals surface area contributed by atoms with Crippen LogP contribution in [0.4, 0.5) is 0 Å². The van der Waals surface area contributed by atoms with Crippen LogP contribution in [0.25, 0.3) is 0 Å². The van der Waals surface area contributed by atoms with E-state index in [1.807, 2.05) is 0 Å². The molecule has 1 rings (SSSR count). The van der Waals surface area contributed by atoms with Crippen molar-refractivity contribution in [1.82, 2.24) is 5.32 Å². The second-order valence-electron chi connectivity index (χ2n) is 3.99. The summed E-state index contributed by atoms with van der Waals surface area (Å²) < 4.78 is 0. The van der Waals surface area contributed by atoms with Crippen molar-refractivity contribution in [2.24, 2.45) is 11.5 Å². The fourth-order valence-electron chi connectivity index (χ4n) is 1.45. The normalized spacial score (nSPS) is 11.6. The average molecular weight is 265 g/mol. The van der Waals surface area contributed by atoms with Crippen molar-refractivity contribution >= 4 is 29.0 Å². The molecule has 0 saturated heterocycles. The van der Waals surface area contributed by atoms with E-state index in [4.69, 9.17) is 23.7 Å². The predicted molar refractivity (Wildman–Crippen MR) is 73.1 cm³/mol. The van der Waals surface area contributed by atoms with Gasteiger partial charge in [0.15, 0.2) is 0 Å². The van der Waals surface area contributed by atoms with Crippen LogP contribution in [0.2, 0.25) is 0 Å². The highest BCUT2D eigenvalue weighted by atomic mass is 32.1. The van der Waals surface area contributed by atoms with Crippen molar-refractivity contribution in [3.8, 4) is 0 Å². The number of hydrogen-bond donors (Lipinski definition) is 3. The molecule has 5 nitrogen and oxygen atoms in total. The Hall–Kier alpha value is -1.95. The van der Waals surface area contributed by atoms with Gasteiger partial charge in [0.1, 0.15) is 4.99 Å². The molecule has 0 fully saturated rings. The number of carbonyl (C=O) groups excluding carboxylic acids is 2. The Morgan fingerprint density at radius 3 is 2.17 bits per heavy atom. The molecule has 0 spiro atoms. The number of benzene rings is 1. The molecule has 0 aliphatic heterocycles. The first kappa shape index (κ1) is 14.1. The van der Waals surface area contributed by atoms with Crippen LogP contribution < -0.4 is 16.8 Å². The monoisotopic (exact) mass is 265 g/mol. The van der Waals surface area contributed by atoms with Gasteiger partial charge in [0.25, 0.3) is 5.91 Å². The molecule has 1 aromatic carbocycles. The summed E-state index contributed by atoms with van der Waals surface area (Å²) in [5.41, 5.74) is 11.7. The van der Waals surface area contributed by atoms with E-state index in [2.05, 4.69) is 5.32 Å².